The third-order valence-corrected chi connectivity index (χ3v) is 6.80. The fourth-order valence-electron chi connectivity index (χ4n) is 3.91. The van der Waals surface area contributed by atoms with Crippen LogP contribution in [0.5, 0.6) is 0 Å². The van der Waals surface area contributed by atoms with E-state index in [4.69, 9.17) is 0 Å². The molecule has 2 amide bonds. The molecule has 35 heavy (non-hydrogen) atoms. The first kappa shape index (κ1) is 28.4. The Bertz CT molecular complexity index is 1120. The van der Waals surface area contributed by atoms with E-state index < -0.39 is 27.5 Å². The Kier molecular flexibility index (Phi) is 9.49. The molecular formula is C27H39N3O4S. The molecule has 0 aliphatic carbocycles. The number of nitrogens with zero attached hydrogens (tertiary/aromatic N) is 2. The highest BCUT2D eigenvalue weighted by atomic mass is 32.2. The number of nitrogens with one attached hydrogen (secondary N) is 1. The van der Waals surface area contributed by atoms with Crippen LogP contribution in [0.1, 0.15) is 57.7 Å². The van der Waals surface area contributed by atoms with Crippen molar-refractivity contribution in [2.75, 3.05) is 17.1 Å². The molecule has 0 aliphatic heterocycles. The van der Waals surface area contributed by atoms with Gasteiger partial charge in [0.25, 0.3) is 0 Å². The predicted octanol–water partition coefficient (Wildman–Crippen LogP) is 4.05. The molecule has 0 saturated heterocycles. The van der Waals surface area contributed by atoms with Crippen molar-refractivity contribution in [3.8, 4) is 0 Å². The Hall–Kier alpha value is -2.87. The molecule has 1 atom stereocenters. The fourth-order valence-corrected chi connectivity index (χ4v) is 4.79. The van der Waals surface area contributed by atoms with Crippen LogP contribution in [0, 0.1) is 6.92 Å². The van der Waals surface area contributed by atoms with Gasteiger partial charge < -0.3 is 10.2 Å². The molecular weight excluding hydrogens is 462 g/mol. The smallest absolute Gasteiger partial charge is 0.244 e. The molecule has 0 unspecified atom stereocenters. The van der Waals surface area contributed by atoms with Crippen molar-refractivity contribution < 1.29 is 18.0 Å². The van der Waals surface area contributed by atoms with Gasteiger partial charge in [0, 0.05) is 12.1 Å². The number of anilines is 1. The summed E-state index contributed by atoms with van der Waals surface area (Å²) in [6.45, 7) is 11.2. The number of rotatable bonds is 10. The summed E-state index contributed by atoms with van der Waals surface area (Å²) < 4.78 is 26.7. The van der Waals surface area contributed by atoms with E-state index in [1.807, 2.05) is 77.9 Å². The molecule has 2 rings (SSSR count). The number of benzene rings is 2. The minimum absolute atomic E-state index is 0.197. The highest BCUT2D eigenvalue weighted by Crippen LogP contribution is 2.24. The lowest BCUT2D eigenvalue weighted by Crippen LogP contribution is -2.55. The molecule has 0 radical (unpaired) electrons. The van der Waals surface area contributed by atoms with Gasteiger partial charge in [-0.1, -0.05) is 61.9 Å². The number of hydrogen-bond acceptors (Lipinski definition) is 4. The second-order valence-electron chi connectivity index (χ2n) is 9.92. The van der Waals surface area contributed by atoms with Gasteiger partial charge in [0.05, 0.1) is 11.9 Å². The summed E-state index contributed by atoms with van der Waals surface area (Å²) in [5.74, 6) is -0.696. The monoisotopic (exact) mass is 501 g/mol. The van der Waals surface area contributed by atoms with E-state index in [0.717, 1.165) is 27.3 Å². The Balaban J connectivity index is 2.48. The first-order valence-corrected chi connectivity index (χ1v) is 13.8. The van der Waals surface area contributed by atoms with Crippen molar-refractivity contribution >= 4 is 27.5 Å². The second kappa shape index (κ2) is 11.7. The number of carbonyl (C=O) groups excluding carboxylic acids is 2. The van der Waals surface area contributed by atoms with Gasteiger partial charge in [0.2, 0.25) is 21.8 Å². The highest BCUT2D eigenvalue weighted by molar-refractivity contribution is 7.92. The van der Waals surface area contributed by atoms with E-state index in [0.29, 0.717) is 18.5 Å². The van der Waals surface area contributed by atoms with Crippen LogP contribution in [0.3, 0.4) is 0 Å². The summed E-state index contributed by atoms with van der Waals surface area (Å²) in [4.78, 5) is 28.4. The highest BCUT2D eigenvalue weighted by Gasteiger charge is 2.33. The average Bonchev–Trinajstić information content (AvgIpc) is 2.76. The molecule has 7 nitrogen and oxygen atoms in total. The van der Waals surface area contributed by atoms with Gasteiger partial charge in [-0.15, -0.1) is 0 Å². The van der Waals surface area contributed by atoms with Crippen LogP contribution >= 0.6 is 0 Å². The summed E-state index contributed by atoms with van der Waals surface area (Å²) >= 11 is 0. The molecule has 0 spiro atoms. The van der Waals surface area contributed by atoms with Gasteiger partial charge in [0.1, 0.15) is 12.6 Å². The van der Waals surface area contributed by atoms with Crippen LogP contribution in [-0.4, -0.2) is 49.5 Å². The van der Waals surface area contributed by atoms with Crippen LogP contribution in [0.4, 0.5) is 5.69 Å². The van der Waals surface area contributed by atoms with Crippen molar-refractivity contribution in [1.29, 1.82) is 0 Å². The van der Waals surface area contributed by atoms with Crippen LogP contribution in [0.2, 0.25) is 0 Å². The predicted molar refractivity (Wildman–Crippen MR) is 142 cm³/mol. The Morgan fingerprint density at radius 1 is 1.00 bits per heavy atom. The quantitative estimate of drug-likeness (QED) is 0.532. The molecule has 8 heteroatoms. The molecule has 1 N–H and O–H groups in total. The number of hydrogen-bond donors (Lipinski definition) is 1. The Morgan fingerprint density at radius 2 is 1.60 bits per heavy atom. The van der Waals surface area contributed by atoms with E-state index in [9.17, 15) is 18.0 Å². The number of aryl methyl sites for hydroxylation is 2. The number of sulfonamides is 1. The van der Waals surface area contributed by atoms with Crippen molar-refractivity contribution in [2.24, 2.45) is 0 Å². The molecule has 0 fully saturated rings. The zero-order valence-electron chi connectivity index (χ0n) is 22.0. The van der Waals surface area contributed by atoms with Gasteiger partial charge in [0.15, 0.2) is 0 Å². The van der Waals surface area contributed by atoms with Gasteiger partial charge in [-0.05, 0) is 57.7 Å². The summed E-state index contributed by atoms with van der Waals surface area (Å²) in [7, 11) is -3.75. The molecule has 0 aliphatic rings. The summed E-state index contributed by atoms with van der Waals surface area (Å²) in [5.41, 5.74) is 2.79. The van der Waals surface area contributed by atoms with Gasteiger partial charge in [-0.2, -0.15) is 0 Å². The molecule has 0 saturated carbocycles. The van der Waals surface area contributed by atoms with Crippen LogP contribution in [-0.2, 0) is 32.6 Å². The SMILES string of the molecule is CCc1ccccc1N(CC(=O)N(Cc1ccc(C)cc1)[C@H](CC)C(=O)NC(C)(C)C)S(C)(=O)=O. The lowest BCUT2D eigenvalue weighted by Gasteiger charge is -2.34. The first-order valence-electron chi connectivity index (χ1n) is 12.0. The summed E-state index contributed by atoms with van der Waals surface area (Å²) in [6, 6.07) is 14.2. The zero-order chi connectivity index (χ0) is 26.4. The lowest BCUT2D eigenvalue weighted by atomic mass is 10.1. The molecule has 0 heterocycles. The minimum atomic E-state index is -3.75. The third kappa shape index (κ3) is 8.09. The van der Waals surface area contributed by atoms with Crippen molar-refractivity contribution in [1.82, 2.24) is 10.2 Å². The zero-order valence-corrected chi connectivity index (χ0v) is 22.8. The van der Waals surface area contributed by atoms with E-state index >= 15 is 0 Å². The lowest BCUT2D eigenvalue weighted by molar-refractivity contribution is -0.141. The maximum absolute atomic E-state index is 13.8. The van der Waals surface area contributed by atoms with E-state index in [-0.39, 0.29) is 19.0 Å². The second-order valence-corrected chi connectivity index (χ2v) is 11.8. The first-order chi connectivity index (χ1) is 16.3. The topological polar surface area (TPSA) is 86.8 Å². The van der Waals surface area contributed by atoms with Gasteiger partial charge in [-0.25, -0.2) is 8.42 Å². The minimum Gasteiger partial charge on any atom is -0.350 e. The normalized spacial score (nSPS) is 12.7. The maximum atomic E-state index is 13.8. The van der Waals surface area contributed by atoms with E-state index in [1.54, 1.807) is 12.1 Å². The summed E-state index contributed by atoms with van der Waals surface area (Å²) in [5, 5.41) is 2.97. The largest absolute Gasteiger partial charge is 0.350 e. The Labute approximate surface area is 210 Å². The molecule has 0 bridgehead atoms. The van der Waals surface area contributed by atoms with Crippen LogP contribution in [0.25, 0.3) is 0 Å². The number of amides is 2. The van der Waals surface area contributed by atoms with Crippen molar-refractivity contribution in [2.45, 2.75) is 72.5 Å². The number of carbonyl (C=O) groups is 2. The van der Waals surface area contributed by atoms with Gasteiger partial charge in [-0.3, -0.25) is 13.9 Å². The molecule has 0 aromatic heterocycles. The Morgan fingerprint density at radius 3 is 2.11 bits per heavy atom. The third-order valence-electron chi connectivity index (χ3n) is 5.68. The van der Waals surface area contributed by atoms with Crippen molar-refractivity contribution in [3.63, 3.8) is 0 Å². The molecule has 192 valence electrons. The maximum Gasteiger partial charge on any atom is 0.244 e. The van der Waals surface area contributed by atoms with Crippen LogP contribution in [0.15, 0.2) is 48.5 Å². The van der Waals surface area contributed by atoms with E-state index in [1.165, 1.54) is 4.90 Å². The fraction of sp³-hybridized carbons (Fsp3) is 0.481. The average molecular weight is 502 g/mol. The van der Waals surface area contributed by atoms with E-state index in [2.05, 4.69) is 5.32 Å². The summed E-state index contributed by atoms with van der Waals surface area (Å²) in [6.07, 6.45) is 2.11. The standard InChI is InChI=1S/C27H39N3O4S/c1-8-22-12-10-11-13-24(22)30(35(7,33)34)19-25(31)29(18-21-16-14-20(3)15-17-21)23(9-2)26(32)28-27(4,5)6/h10-17,23H,8-9,18-19H2,1-7H3,(H,28,32)/t23-/m1/s1. The molecule has 2 aromatic rings. The van der Waals surface area contributed by atoms with Crippen molar-refractivity contribution in [3.05, 3.63) is 65.2 Å². The number of para-hydroxylation sites is 1. The van der Waals surface area contributed by atoms with Gasteiger partial charge >= 0.3 is 0 Å². The van der Waals surface area contributed by atoms with Crippen LogP contribution < -0.4 is 9.62 Å². The molecule has 2 aromatic carbocycles.